The average molecular weight is 271 g/mol. The van der Waals surface area contributed by atoms with Crippen molar-refractivity contribution in [2.24, 2.45) is 0 Å². The minimum Gasteiger partial charge on any atom is -0.496 e. The molecule has 5 nitrogen and oxygen atoms in total. The highest BCUT2D eigenvalue weighted by Gasteiger charge is 2.15. The fourth-order valence-electron chi connectivity index (χ4n) is 1.91. The summed E-state index contributed by atoms with van der Waals surface area (Å²) in [5.41, 5.74) is 7.68. The van der Waals surface area contributed by atoms with Gasteiger partial charge in [0.2, 0.25) is 0 Å². The molecule has 1 amide bonds. The fraction of sp³-hybridized carbons (Fsp3) is 0.200. The number of nitrogens with one attached hydrogen (secondary N) is 1. The summed E-state index contributed by atoms with van der Waals surface area (Å²) in [4.78, 5) is 16.2. The standard InChI is InChI=1S/C15H17N3O2/c1-10(11-5-7-17-8-6-11)18-15(19)13-4-3-12(16)9-14(13)20-2/h3-10H,16H2,1-2H3,(H,18,19). The van der Waals surface area contributed by atoms with Crippen molar-refractivity contribution in [2.75, 3.05) is 12.8 Å². The van der Waals surface area contributed by atoms with E-state index in [-0.39, 0.29) is 11.9 Å². The van der Waals surface area contributed by atoms with E-state index in [4.69, 9.17) is 10.5 Å². The Morgan fingerprint density at radius 1 is 1.30 bits per heavy atom. The Hall–Kier alpha value is -2.56. The maximum atomic E-state index is 12.3. The Bertz CT molecular complexity index is 599. The zero-order chi connectivity index (χ0) is 14.5. The minimum atomic E-state index is -0.203. The van der Waals surface area contributed by atoms with Crippen molar-refractivity contribution in [1.82, 2.24) is 10.3 Å². The molecule has 2 rings (SSSR count). The number of aromatic nitrogens is 1. The number of amides is 1. The van der Waals surface area contributed by atoms with Crippen molar-refractivity contribution in [1.29, 1.82) is 0 Å². The van der Waals surface area contributed by atoms with Gasteiger partial charge in [-0.25, -0.2) is 0 Å². The Morgan fingerprint density at radius 2 is 2.00 bits per heavy atom. The monoisotopic (exact) mass is 271 g/mol. The van der Waals surface area contributed by atoms with Crippen molar-refractivity contribution in [2.45, 2.75) is 13.0 Å². The van der Waals surface area contributed by atoms with Crippen LogP contribution in [0.5, 0.6) is 5.75 Å². The van der Waals surface area contributed by atoms with Crippen LogP contribution >= 0.6 is 0 Å². The second kappa shape index (κ2) is 6.06. The molecule has 0 aliphatic heterocycles. The summed E-state index contributed by atoms with van der Waals surface area (Å²) in [6, 6.07) is 8.58. The Labute approximate surface area is 117 Å². The number of carbonyl (C=O) groups excluding carboxylic acids is 1. The van der Waals surface area contributed by atoms with E-state index in [1.807, 2.05) is 19.1 Å². The van der Waals surface area contributed by atoms with Crippen LogP contribution < -0.4 is 15.8 Å². The molecule has 0 radical (unpaired) electrons. The molecule has 0 spiro atoms. The van der Waals surface area contributed by atoms with Gasteiger partial charge in [-0.3, -0.25) is 9.78 Å². The lowest BCUT2D eigenvalue weighted by Crippen LogP contribution is -2.27. The quantitative estimate of drug-likeness (QED) is 0.835. The Balaban J connectivity index is 2.16. The first kappa shape index (κ1) is 13.9. The lowest BCUT2D eigenvalue weighted by molar-refractivity contribution is 0.0937. The maximum Gasteiger partial charge on any atom is 0.255 e. The van der Waals surface area contributed by atoms with Gasteiger partial charge in [0.25, 0.3) is 5.91 Å². The van der Waals surface area contributed by atoms with Gasteiger partial charge in [-0.1, -0.05) is 0 Å². The highest BCUT2D eigenvalue weighted by molar-refractivity contribution is 5.97. The average Bonchev–Trinajstić information content (AvgIpc) is 2.47. The first-order valence-electron chi connectivity index (χ1n) is 6.26. The Kier molecular flexibility index (Phi) is 4.20. The number of nitrogens with zero attached hydrogens (tertiary/aromatic N) is 1. The van der Waals surface area contributed by atoms with E-state index in [0.29, 0.717) is 17.0 Å². The fourth-order valence-corrected chi connectivity index (χ4v) is 1.91. The molecule has 5 heteroatoms. The molecule has 2 aromatic rings. The summed E-state index contributed by atoms with van der Waals surface area (Å²) < 4.78 is 5.18. The van der Waals surface area contributed by atoms with Crippen LogP contribution in [0.4, 0.5) is 5.69 Å². The minimum absolute atomic E-state index is 0.118. The van der Waals surface area contributed by atoms with Crippen molar-refractivity contribution < 1.29 is 9.53 Å². The highest BCUT2D eigenvalue weighted by Crippen LogP contribution is 2.22. The highest BCUT2D eigenvalue weighted by atomic mass is 16.5. The van der Waals surface area contributed by atoms with Crippen LogP contribution in [0.3, 0.4) is 0 Å². The molecule has 1 aromatic heterocycles. The number of pyridine rings is 1. The molecule has 1 atom stereocenters. The molecule has 0 saturated carbocycles. The largest absolute Gasteiger partial charge is 0.496 e. The number of hydrogen-bond acceptors (Lipinski definition) is 4. The summed E-state index contributed by atoms with van der Waals surface area (Å²) >= 11 is 0. The van der Waals surface area contributed by atoms with Gasteiger partial charge in [0.15, 0.2) is 0 Å². The molecule has 0 bridgehead atoms. The number of anilines is 1. The van der Waals surface area contributed by atoms with E-state index < -0.39 is 0 Å². The lowest BCUT2D eigenvalue weighted by atomic mass is 10.1. The van der Waals surface area contributed by atoms with Crippen LogP contribution in [0.1, 0.15) is 28.9 Å². The molecular formula is C15H17N3O2. The number of nitrogens with two attached hydrogens (primary N) is 1. The van der Waals surface area contributed by atoms with E-state index in [1.165, 1.54) is 7.11 Å². The molecule has 0 aliphatic rings. The van der Waals surface area contributed by atoms with Crippen molar-refractivity contribution in [3.8, 4) is 5.75 Å². The van der Waals surface area contributed by atoms with Gasteiger partial charge in [0, 0.05) is 24.1 Å². The summed E-state index contributed by atoms with van der Waals surface area (Å²) in [6.07, 6.45) is 3.39. The first-order chi connectivity index (χ1) is 9.61. The van der Waals surface area contributed by atoms with Crippen molar-refractivity contribution >= 4 is 11.6 Å². The van der Waals surface area contributed by atoms with E-state index >= 15 is 0 Å². The number of nitrogen functional groups attached to an aromatic ring is 1. The van der Waals surface area contributed by atoms with Crippen LogP contribution in [0.25, 0.3) is 0 Å². The van der Waals surface area contributed by atoms with E-state index in [2.05, 4.69) is 10.3 Å². The smallest absolute Gasteiger partial charge is 0.255 e. The third-order valence-electron chi connectivity index (χ3n) is 3.02. The van der Waals surface area contributed by atoms with Crippen LogP contribution in [-0.2, 0) is 0 Å². The van der Waals surface area contributed by atoms with Gasteiger partial charge in [-0.05, 0) is 36.8 Å². The molecule has 104 valence electrons. The lowest BCUT2D eigenvalue weighted by Gasteiger charge is -2.15. The molecule has 0 aliphatic carbocycles. The van der Waals surface area contributed by atoms with Crippen LogP contribution in [0, 0.1) is 0 Å². The van der Waals surface area contributed by atoms with Crippen LogP contribution in [0.2, 0.25) is 0 Å². The van der Waals surface area contributed by atoms with Gasteiger partial charge in [-0.15, -0.1) is 0 Å². The molecule has 0 fully saturated rings. The summed E-state index contributed by atoms with van der Waals surface area (Å²) in [5, 5.41) is 2.92. The van der Waals surface area contributed by atoms with E-state index in [1.54, 1.807) is 30.6 Å². The zero-order valence-corrected chi connectivity index (χ0v) is 11.5. The molecular weight excluding hydrogens is 254 g/mol. The number of methoxy groups -OCH3 is 1. The number of ether oxygens (including phenoxy) is 1. The van der Waals surface area contributed by atoms with Gasteiger partial charge in [-0.2, -0.15) is 0 Å². The summed E-state index contributed by atoms with van der Waals surface area (Å²) in [6.45, 7) is 1.91. The molecule has 3 N–H and O–H groups in total. The van der Waals surface area contributed by atoms with Gasteiger partial charge in [0.1, 0.15) is 5.75 Å². The van der Waals surface area contributed by atoms with Crippen LogP contribution in [-0.4, -0.2) is 18.0 Å². The maximum absolute atomic E-state index is 12.3. The topological polar surface area (TPSA) is 77.2 Å². The van der Waals surface area contributed by atoms with Gasteiger partial charge >= 0.3 is 0 Å². The van der Waals surface area contributed by atoms with E-state index in [0.717, 1.165) is 5.56 Å². The summed E-state index contributed by atoms with van der Waals surface area (Å²) in [5.74, 6) is 0.260. The number of rotatable bonds is 4. The number of hydrogen-bond donors (Lipinski definition) is 2. The normalized spacial score (nSPS) is 11.7. The molecule has 1 heterocycles. The zero-order valence-electron chi connectivity index (χ0n) is 11.5. The van der Waals surface area contributed by atoms with E-state index in [9.17, 15) is 4.79 Å². The van der Waals surface area contributed by atoms with Gasteiger partial charge < -0.3 is 15.8 Å². The Morgan fingerprint density at radius 3 is 2.65 bits per heavy atom. The molecule has 0 saturated heterocycles. The molecule has 20 heavy (non-hydrogen) atoms. The van der Waals surface area contributed by atoms with Crippen molar-refractivity contribution in [3.63, 3.8) is 0 Å². The SMILES string of the molecule is COc1cc(N)ccc1C(=O)NC(C)c1ccncc1. The molecule has 1 aromatic carbocycles. The van der Waals surface area contributed by atoms with Crippen LogP contribution in [0.15, 0.2) is 42.7 Å². The van der Waals surface area contributed by atoms with Crippen molar-refractivity contribution in [3.05, 3.63) is 53.9 Å². The third kappa shape index (κ3) is 3.06. The predicted octanol–water partition coefficient (Wildman–Crippen LogP) is 2.16. The number of benzene rings is 1. The molecule has 1 unspecified atom stereocenters. The predicted molar refractivity (Wildman–Crippen MR) is 77.5 cm³/mol. The second-order valence-electron chi connectivity index (χ2n) is 4.44. The summed E-state index contributed by atoms with van der Waals surface area (Å²) in [7, 11) is 1.51. The second-order valence-corrected chi connectivity index (χ2v) is 4.44. The first-order valence-corrected chi connectivity index (χ1v) is 6.26. The third-order valence-corrected chi connectivity index (χ3v) is 3.02. The number of carbonyl (C=O) groups is 1. The van der Waals surface area contributed by atoms with Gasteiger partial charge in [0.05, 0.1) is 18.7 Å².